The second-order valence-corrected chi connectivity index (χ2v) is 7.98. The van der Waals surface area contributed by atoms with Crippen molar-refractivity contribution in [2.24, 2.45) is 5.92 Å². The first-order valence-electron chi connectivity index (χ1n) is 7.28. The van der Waals surface area contributed by atoms with E-state index in [-0.39, 0.29) is 5.25 Å². The van der Waals surface area contributed by atoms with E-state index >= 15 is 0 Å². The van der Waals surface area contributed by atoms with Gasteiger partial charge < -0.3 is 5.32 Å². The average molecular weight is 274 g/mol. The number of nitrogens with one attached hydrogen (secondary N) is 1. The fourth-order valence-corrected chi connectivity index (χ4v) is 5.17. The van der Waals surface area contributed by atoms with Gasteiger partial charge in [0, 0.05) is 19.1 Å². The molecule has 2 fully saturated rings. The molecule has 5 heteroatoms. The number of fused-ring (bicyclic) bond motifs is 1. The Balaban J connectivity index is 2.05. The summed E-state index contributed by atoms with van der Waals surface area (Å²) in [7, 11) is -3.11. The van der Waals surface area contributed by atoms with Crippen LogP contribution in [0.1, 0.15) is 46.0 Å². The van der Waals surface area contributed by atoms with Gasteiger partial charge in [-0.2, -0.15) is 4.31 Å². The van der Waals surface area contributed by atoms with Gasteiger partial charge in [-0.25, -0.2) is 8.42 Å². The molecule has 1 heterocycles. The molecule has 1 aliphatic heterocycles. The minimum atomic E-state index is -3.11. The molecule has 0 aromatic heterocycles. The molecular weight excluding hydrogens is 248 g/mol. The van der Waals surface area contributed by atoms with Gasteiger partial charge in [0.05, 0.1) is 5.25 Å². The summed E-state index contributed by atoms with van der Waals surface area (Å²) in [5.74, 6) is 0.625. The molecule has 2 rings (SSSR count). The molecule has 0 aromatic carbocycles. The summed E-state index contributed by atoms with van der Waals surface area (Å²) in [6.07, 6.45) is 5.82. The zero-order valence-electron chi connectivity index (χ0n) is 11.6. The maximum atomic E-state index is 12.6. The van der Waals surface area contributed by atoms with Gasteiger partial charge in [-0.05, 0) is 38.6 Å². The van der Waals surface area contributed by atoms with Crippen LogP contribution in [0.25, 0.3) is 0 Å². The Kier molecular flexibility index (Phi) is 4.67. The van der Waals surface area contributed by atoms with E-state index in [4.69, 9.17) is 0 Å². The molecule has 0 amide bonds. The van der Waals surface area contributed by atoms with Gasteiger partial charge >= 0.3 is 0 Å². The highest BCUT2D eigenvalue weighted by molar-refractivity contribution is 7.89. The summed E-state index contributed by atoms with van der Waals surface area (Å²) < 4.78 is 27.0. The van der Waals surface area contributed by atoms with Crippen molar-refractivity contribution in [3.05, 3.63) is 0 Å². The third-order valence-electron chi connectivity index (χ3n) is 4.48. The Morgan fingerprint density at radius 2 is 2.00 bits per heavy atom. The maximum Gasteiger partial charge on any atom is 0.218 e. The molecule has 4 nitrogen and oxygen atoms in total. The zero-order chi connectivity index (χ0) is 13.2. The molecule has 0 aromatic rings. The van der Waals surface area contributed by atoms with Crippen LogP contribution in [0.15, 0.2) is 0 Å². The SMILES string of the molecule is CCNCC(C)S(=O)(=O)N1CCC2CCCCC21. The van der Waals surface area contributed by atoms with E-state index in [0.717, 1.165) is 25.9 Å². The summed E-state index contributed by atoms with van der Waals surface area (Å²) >= 11 is 0. The van der Waals surface area contributed by atoms with Crippen LogP contribution in [-0.2, 0) is 10.0 Å². The molecule has 3 atom stereocenters. The van der Waals surface area contributed by atoms with Gasteiger partial charge in [-0.3, -0.25) is 0 Å². The van der Waals surface area contributed by atoms with Gasteiger partial charge in [-0.1, -0.05) is 19.8 Å². The lowest BCUT2D eigenvalue weighted by molar-refractivity contribution is 0.259. The van der Waals surface area contributed by atoms with Gasteiger partial charge in [0.25, 0.3) is 0 Å². The number of hydrogen-bond acceptors (Lipinski definition) is 3. The van der Waals surface area contributed by atoms with E-state index in [1.54, 1.807) is 0 Å². The Hall–Kier alpha value is -0.130. The number of rotatable bonds is 5. The standard InChI is InChI=1S/C13H26N2O2S/c1-3-14-10-11(2)18(16,17)15-9-8-12-6-4-5-7-13(12)15/h11-14H,3-10H2,1-2H3. The molecule has 106 valence electrons. The van der Waals surface area contributed by atoms with Gasteiger partial charge in [0.15, 0.2) is 0 Å². The van der Waals surface area contributed by atoms with Crippen molar-refractivity contribution in [2.45, 2.75) is 57.2 Å². The van der Waals surface area contributed by atoms with E-state index in [1.165, 1.54) is 19.3 Å². The van der Waals surface area contributed by atoms with Crippen LogP contribution in [0.2, 0.25) is 0 Å². The normalized spacial score (nSPS) is 31.2. The van der Waals surface area contributed by atoms with Crippen molar-refractivity contribution in [1.29, 1.82) is 0 Å². The van der Waals surface area contributed by atoms with Crippen LogP contribution in [-0.4, -0.2) is 43.6 Å². The molecule has 0 radical (unpaired) electrons. The van der Waals surface area contributed by atoms with Crippen LogP contribution in [0, 0.1) is 5.92 Å². The van der Waals surface area contributed by atoms with Gasteiger partial charge in [0.1, 0.15) is 0 Å². The molecule has 0 bridgehead atoms. The first-order chi connectivity index (χ1) is 8.57. The van der Waals surface area contributed by atoms with Crippen LogP contribution < -0.4 is 5.32 Å². The highest BCUT2D eigenvalue weighted by Gasteiger charge is 2.43. The monoisotopic (exact) mass is 274 g/mol. The smallest absolute Gasteiger partial charge is 0.218 e. The molecule has 1 saturated carbocycles. The van der Waals surface area contributed by atoms with Crippen molar-refractivity contribution in [2.75, 3.05) is 19.6 Å². The predicted octanol–water partition coefficient (Wildman–Crippen LogP) is 1.58. The number of nitrogens with zero attached hydrogens (tertiary/aromatic N) is 1. The largest absolute Gasteiger partial charge is 0.316 e. The van der Waals surface area contributed by atoms with Crippen molar-refractivity contribution in [3.8, 4) is 0 Å². The number of hydrogen-bond donors (Lipinski definition) is 1. The van der Waals surface area contributed by atoms with E-state index in [9.17, 15) is 8.42 Å². The highest BCUT2D eigenvalue weighted by Crippen LogP contribution is 2.38. The summed E-state index contributed by atoms with van der Waals surface area (Å²) in [6, 6.07) is 0.299. The van der Waals surface area contributed by atoms with E-state index in [2.05, 4.69) is 5.32 Å². The Labute approximate surface area is 111 Å². The minimum Gasteiger partial charge on any atom is -0.316 e. The van der Waals surface area contributed by atoms with Gasteiger partial charge in [0.2, 0.25) is 10.0 Å². The van der Waals surface area contributed by atoms with Crippen molar-refractivity contribution in [3.63, 3.8) is 0 Å². The van der Waals surface area contributed by atoms with Crippen LogP contribution in [0.4, 0.5) is 0 Å². The summed E-state index contributed by atoms with van der Waals surface area (Å²) in [5, 5.41) is 2.84. The van der Waals surface area contributed by atoms with Crippen LogP contribution >= 0.6 is 0 Å². The maximum absolute atomic E-state index is 12.6. The molecular formula is C13H26N2O2S. The summed E-state index contributed by atoms with van der Waals surface area (Å²) in [6.45, 7) is 5.97. The van der Waals surface area contributed by atoms with E-state index < -0.39 is 10.0 Å². The molecule has 3 unspecified atom stereocenters. The second kappa shape index (κ2) is 5.88. The fourth-order valence-electron chi connectivity index (χ4n) is 3.36. The molecule has 1 N–H and O–H groups in total. The molecule has 2 aliphatic rings. The first-order valence-corrected chi connectivity index (χ1v) is 8.79. The third kappa shape index (κ3) is 2.73. The first kappa shape index (κ1) is 14.3. The fraction of sp³-hybridized carbons (Fsp3) is 1.00. The minimum absolute atomic E-state index is 0.299. The van der Waals surface area contributed by atoms with Gasteiger partial charge in [-0.15, -0.1) is 0 Å². The van der Waals surface area contributed by atoms with Crippen molar-refractivity contribution in [1.82, 2.24) is 9.62 Å². The third-order valence-corrected chi connectivity index (χ3v) is 6.77. The Morgan fingerprint density at radius 3 is 2.72 bits per heavy atom. The lowest BCUT2D eigenvalue weighted by Gasteiger charge is -2.32. The number of sulfonamides is 1. The zero-order valence-corrected chi connectivity index (χ0v) is 12.4. The van der Waals surface area contributed by atoms with Crippen LogP contribution in [0.5, 0.6) is 0 Å². The second-order valence-electron chi connectivity index (χ2n) is 5.67. The Bertz CT molecular complexity index is 369. The van der Waals surface area contributed by atoms with Crippen molar-refractivity contribution < 1.29 is 8.42 Å². The average Bonchev–Trinajstić information content (AvgIpc) is 2.80. The van der Waals surface area contributed by atoms with Crippen LogP contribution in [0.3, 0.4) is 0 Å². The topological polar surface area (TPSA) is 49.4 Å². The molecule has 1 saturated heterocycles. The summed E-state index contributed by atoms with van der Waals surface area (Å²) in [5.41, 5.74) is 0. The molecule has 1 aliphatic carbocycles. The summed E-state index contributed by atoms with van der Waals surface area (Å²) in [4.78, 5) is 0. The predicted molar refractivity (Wildman–Crippen MR) is 74.0 cm³/mol. The quantitative estimate of drug-likeness (QED) is 0.828. The molecule has 0 spiro atoms. The lowest BCUT2D eigenvalue weighted by atomic mass is 9.86. The van der Waals surface area contributed by atoms with E-state index in [1.807, 2.05) is 18.2 Å². The lowest BCUT2D eigenvalue weighted by Crippen LogP contribution is -2.46. The van der Waals surface area contributed by atoms with Crippen molar-refractivity contribution >= 4 is 10.0 Å². The highest BCUT2D eigenvalue weighted by atomic mass is 32.2. The Morgan fingerprint density at radius 1 is 1.28 bits per heavy atom. The van der Waals surface area contributed by atoms with E-state index in [0.29, 0.717) is 18.5 Å². The molecule has 18 heavy (non-hydrogen) atoms.